The monoisotopic (exact) mass is 77.1 g/mol. The van der Waals surface area contributed by atoms with Crippen molar-refractivity contribution in [3.8, 4) is 0 Å². The maximum absolute atomic E-state index is 3.11. The van der Waals surface area contributed by atoms with Crippen molar-refractivity contribution >= 4 is 0 Å². The van der Waals surface area contributed by atoms with E-state index in [9.17, 15) is 0 Å². The van der Waals surface area contributed by atoms with Crippen LogP contribution < -0.4 is 5.32 Å². The van der Waals surface area contributed by atoms with E-state index in [-0.39, 0.29) is 0 Å². The van der Waals surface area contributed by atoms with Crippen LogP contribution in [-0.4, -0.2) is 13.1 Å². The summed E-state index contributed by atoms with van der Waals surface area (Å²) in [5.41, 5.74) is 0. The molecule has 0 saturated carbocycles. The van der Waals surface area contributed by atoms with Crippen LogP contribution in [0.25, 0.3) is 0 Å². The molecule has 0 aromatic heterocycles. The van der Waals surface area contributed by atoms with Crippen molar-refractivity contribution in [2.24, 2.45) is 0 Å². The molecule has 0 radical (unpaired) electrons. The van der Waals surface area contributed by atoms with Gasteiger partial charge in [-0.05, 0) is 13.1 Å². The maximum Gasteiger partial charge on any atom is -0.00775 e. The fraction of sp³-hybridized carbons (Fsp3) is 1.00. The van der Waals surface area contributed by atoms with Crippen LogP contribution in [0.3, 0.4) is 0 Å². The van der Waals surface area contributed by atoms with E-state index in [0.29, 0.717) is 0 Å². The molecular weight excluding hydrogens is 66.0 g/mol. The fourth-order valence-corrected chi connectivity index (χ4v) is 0.250. The Morgan fingerprint density at radius 1 is 1.20 bits per heavy atom. The molecule has 0 aliphatic rings. The first kappa shape index (κ1) is 4.96. The molecule has 1 nitrogen and oxygen atoms in total. The Labute approximate surface area is 33.4 Å². The van der Waals surface area contributed by atoms with E-state index < -0.39 is 0 Å². The van der Waals surface area contributed by atoms with Gasteiger partial charge in [-0.2, -0.15) is 0 Å². The first-order valence-electron chi connectivity index (χ1n) is 2.12. The van der Waals surface area contributed by atoms with Crippen LogP contribution >= 0.6 is 0 Å². The molecule has 32 valence electrons. The van der Waals surface area contributed by atoms with Gasteiger partial charge in [-0.3, -0.25) is 0 Å². The van der Waals surface area contributed by atoms with Crippen LogP contribution in [0.4, 0.5) is 0 Å². The zero-order valence-electron chi connectivity index (χ0n) is 3.91. The SMILES string of the molecule is [13CH3][13CH2]N[13CH2][13CH3]. The number of rotatable bonds is 2. The Balaban J connectivity index is 2.19. The summed E-state index contributed by atoms with van der Waals surface area (Å²) >= 11 is 0. The van der Waals surface area contributed by atoms with E-state index in [1.165, 1.54) is 0 Å². The lowest BCUT2D eigenvalue weighted by atomic mass is 11.5. The minimum atomic E-state index is 1.09. The molecule has 0 atom stereocenters. The summed E-state index contributed by atoms with van der Waals surface area (Å²) in [4.78, 5) is 0. The van der Waals surface area contributed by atoms with Gasteiger partial charge in [0, 0.05) is 0 Å². The molecule has 0 aliphatic heterocycles. The largest absolute Gasteiger partial charge is 0.317 e. The van der Waals surface area contributed by atoms with Gasteiger partial charge in [0.25, 0.3) is 0 Å². The first-order valence-corrected chi connectivity index (χ1v) is 2.12. The van der Waals surface area contributed by atoms with Crippen LogP contribution in [0.1, 0.15) is 13.8 Å². The van der Waals surface area contributed by atoms with E-state index in [2.05, 4.69) is 19.2 Å². The standard InChI is InChI=1S/C4H11N/c1-3-5-4-2/h5H,3-4H2,1-2H3/i1+1,2+1,3+1,4+1. The molecule has 0 aromatic carbocycles. The summed E-state index contributed by atoms with van der Waals surface area (Å²) in [6.45, 7) is 6.39. The Bertz CT molecular complexity index is 11.1. The minimum Gasteiger partial charge on any atom is -0.317 e. The second-order valence-electron chi connectivity index (χ2n) is 0.957. The first-order chi connectivity index (χ1) is 2.41. The average molecular weight is 77.1 g/mol. The summed E-state index contributed by atoms with van der Waals surface area (Å²) in [5.74, 6) is 0. The molecule has 1 N–H and O–H groups in total. The second-order valence-corrected chi connectivity index (χ2v) is 0.957. The van der Waals surface area contributed by atoms with Gasteiger partial charge in [-0.15, -0.1) is 0 Å². The molecule has 0 amide bonds. The maximum atomic E-state index is 3.11. The third-order valence-corrected chi connectivity index (χ3v) is 0.500. The smallest absolute Gasteiger partial charge is 0.00775 e. The molecule has 0 bridgehead atoms. The van der Waals surface area contributed by atoms with Gasteiger partial charge in [-0.1, -0.05) is 13.8 Å². The van der Waals surface area contributed by atoms with Gasteiger partial charge >= 0.3 is 0 Å². The number of hydrogen-bond donors (Lipinski definition) is 1. The van der Waals surface area contributed by atoms with E-state index in [4.69, 9.17) is 0 Å². The van der Waals surface area contributed by atoms with Gasteiger partial charge in [0.15, 0.2) is 0 Å². The molecule has 0 aliphatic carbocycles. The van der Waals surface area contributed by atoms with Crippen molar-refractivity contribution in [1.82, 2.24) is 5.32 Å². The van der Waals surface area contributed by atoms with Crippen molar-refractivity contribution < 1.29 is 0 Å². The Kier molecular flexibility index (Phi) is 3.93. The number of hydrogen-bond acceptors (Lipinski definition) is 1. The third-order valence-electron chi connectivity index (χ3n) is 0.500. The average Bonchev–Trinajstić information content (AvgIpc) is 1.41. The molecule has 0 spiro atoms. The van der Waals surface area contributed by atoms with Gasteiger partial charge in [-0.25, -0.2) is 0 Å². The lowest BCUT2D eigenvalue weighted by Gasteiger charge is -1.86. The molecule has 0 fully saturated rings. The van der Waals surface area contributed by atoms with Crippen LogP contribution in [0.5, 0.6) is 0 Å². The van der Waals surface area contributed by atoms with Crippen LogP contribution in [0.2, 0.25) is 0 Å². The summed E-state index contributed by atoms with van der Waals surface area (Å²) < 4.78 is 0. The van der Waals surface area contributed by atoms with E-state index in [1.807, 2.05) is 0 Å². The van der Waals surface area contributed by atoms with Crippen molar-refractivity contribution in [2.45, 2.75) is 13.8 Å². The van der Waals surface area contributed by atoms with Crippen LogP contribution in [0, 0.1) is 0 Å². The summed E-state index contributed by atoms with van der Waals surface area (Å²) in [7, 11) is 0. The normalized spacial score (nSPS) is 8.40. The highest BCUT2D eigenvalue weighted by molar-refractivity contribution is 4.27. The van der Waals surface area contributed by atoms with E-state index in [1.54, 1.807) is 0 Å². The van der Waals surface area contributed by atoms with Gasteiger partial charge in [0.05, 0.1) is 0 Å². The molecule has 0 aromatic rings. The Hall–Kier alpha value is -0.0400. The topological polar surface area (TPSA) is 12.0 Å². The summed E-state index contributed by atoms with van der Waals surface area (Å²) in [6, 6.07) is 0. The lowest BCUT2D eigenvalue weighted by molar-refractivity contribution is 0.762. The molecule has 0 heterocycles. The van der Waals surface area contributed by atoms with Crippen molar-refractivity contribution in [1.29, 1.82) is 0 Å². The predicted octanol–water partition coefficient (Wildman–Crippen LogP) is 0.616. The Morgan fingerprint density at radius 3 is 1.60 bits per heavy atom. The lowest BCUT2D eigenvalue weighted by Crippen LogP contribution is -2.09. The Morgan fingerprint density at radius 2 is 1.60 bits per heavy atom. The molecule has 0 saturated heterocycles. The van der Waals surface area contributed by atoms with Crippen molar-refractivity contribution in [2.75, 3.05) is 13.1 Å². The van der Waals surface area contributed by atoms with Gasteiger partial charge in [0.2, 0.25) is 0 Å². The van der Waals surface area contributed by atoms with Crippen molar-refractivity contribution in [3.63, 3.8) is 0 Å². The molecule has 5 heavy (non-hydrogen) atoms. The zero-order valence-corrected chi connectivity index (χ0v) is 3.91. The molecule has 0 unspecified atom stereocenters. The predicted molar refractivity (Wildman–Crippen MR) is 24.2 cm³/mol. The molecule has 0 rings (SSSR count). The highest BCUT2D eigenvalue weighted by atomic mass is 15.2. The van der Waals surface area contributed by atoms with Gasteiger partial charge < -0.3 is 5.32 Å². The van der Waals surface area contributed by atoms with Crippen molar-refractivity contribution in [3.05, 3.63) is 0 Å². The van der Waals surface area contributed by atoms with Gasteiger partial charge in [0.1, 0.15) is 0 Å². The summed E-state index contributed by atoms with van der Waals surface area (Å²) in [6.07, 6.45) is 0. The van der Waals surface area contributed by atoms with E-state index in [0.717, 1.165) is 13.1 Å². The van der Waals surface area contributed by atoms with E-state index >= 15 is 0 Å². The highest BCUT2D eigenvalue weighted by Gasteiger charge is 1.62. The van der Waals surface area contributed by atoms with Crippen LogP contribution in [-0.2, 0) is 0 Å². The summed E-state index contributed by atoms with van der Waals surface area (Å²) in [5, 5.41) is 3.11. The fourth-order valence-electron chi connectivity index (χ4n) is 0.250. The quantitative estimate of drug-likeness (QED) is 0.476. The molecular formula is C4H11N. The molecule has 1 heteroatoms. The highest BCUT2D eigenvalue weighted by Crippen LogP contribution is 1.47. The zero-order chi connectivity index (χ0) is 4.12. The third kappa shape index (κ3) is 3.96. The van der Waals surface area contributed by atoms with Crippen LogP contribution in [0.15, 0.2) is 0 Å². The second kappa shape index (κ2) is 3.96. The minimum absolute atomic E-state index is 1.09. The number of nitrogens with one attached hydrogen (secondary N) is 1.